The van der Waals surface area contributed by atoms with Gasteiger partial charge in [-0.3, -0.25) is 9.59 Å². The molecule has 1 heterocycles. The third-order valence-electron chi connectivity index (χ3n) is 4.43. The molecule has 0 aliphatic heterocycles. The number of thioether (sulfide) groups is 1. The Labute approximate surface area is 180 Å². The number of carbonyl (C=O) groups excluding carboxylic acids is 2. The second-order valence-electron chi connectivity index (χ2n) is 6.95. The van der Waals surface area contributed by atoms with Crippen LogP contribution >= 0.6 is 11.8 Å². The van der Waals surface area contributed by atoms with Crippen LogP contribution in [0, 0.1) is 6.92 Å². The molecule has 2 aromatic carbocycles. The third-order valence-corrected chi connectivity index (χ3v) is 5.41. The zero-order valence-corrected chi connectivity index (χ0v) is 17.7. The Morgan fingerprint density at radius 2 is 1.90 bits per heavy atom. The number of amides is 1. The number of carbonyl (C=O) groups is 2. The van der Waals surface area contributed by atoms with Crippen LogP contribution in [0.1, 0.15) is 16.9 Å². The van der Waals surface area contributed by atoms with Gasteiger partial charge in [0.1, 0.15) is 11.5 Å². The number of ether oxygens (including phenoxy) is 1. The molecule has 6 heteroatoms. The Balaban J connectivity index is 1.56. The molecule has 0 aliphatic rings. The van der Waals surface area contributed by atoms with Crippen LogP contribution in [0.5, 0.6) is 5.75 Å². The SMILES string of the molecule is Cc1cccc(OCC(=O)NC(Cc2ccccc2)C(=O)CSCc2ccco2)c1. The van der Waals surface area contributed by atoms with Gasteiger partial charge in [0.05, 0.1) is 23.8 Å². The van der Waals surface area contributed by atoms with Gasteiger partial charge in [0.25, 0.3) is 5.91 Å². The lowest BCUT2D eigenvalue weighted by Crippen LogP contribution is -2.45. The summed E-state index contributed by atoms with van der Waals surface area (Å²) in [6, 6.07) is 20.3. The molecular formula is C24H25NO4S. The van der Waals surface area contributed by atoms with E-state index in [9.17, 15) is 9.59 Å². The van der Waals surface area contributed by atoms with Gasteiger partial charge in [-0.15, -0.1) is 11.8 Å². The Morgan fingerprint density at radius 1 is 1.07 bits per heavy atom. The first-order chi connectivity index (χ1) is 14.6. The Morgan fingerprint density at radius 3 is 2.63 bits per heavy atom. The van der Waals surface area contributed by atoms with E-state index < -0.39 is 6.04 Å². The molecule has 0 saturated heterocycles. The summed E-state index contributed by atoms with van der Waals surface area (Å²) in [6.45, 7) is 1.82. The molecule has 1 N–H and O–H groups in total. The number of furan rings is 1. The summed E-state index contributed by atoms with van der Waals surface area (Å²) in [6.07, 6.45) is 2.06. The Kier molecular flexibility index (Phi) is 8.15. The van der Waals surface area contributed by atoms with Crippen molar-refractivity contribution in [3.05, 3.63) is 89.9 Å². The van der Waals surface area contributed by atoms with Gasteiger partial charge in [-0.25, -0.2) is 0 Å². The fourth-order valence-electron chi connectivity index (χ4n) is 2.93. The maximum absolute atomic E-state index is 12.8. The van der Waals surface area contributed by atoms with E-state index in [0.29, 0.717) is 17.9 Å². The zero-order valence-electron chi connectivity index (χ0n) is 16.9. The van der Waals surface area contributed by atoms with Crippen LogP contribution in [-0.4, -0.2) is 30.1 Å². The van der Waals surface area contributed by atoms with Crippen LogP contribution < -0.4 is 10.1 Å². The fourth-order valence-corrected chi connectivity index (χ4v) is 3.80. The molecule has 1 aromatic heterocycles. The van der Waals surface area contributed by atoms with E-state index in [1.165, 1.54) is 11.8 Å². The molecule has 30 heavy (non-hydrogen) atoms. The van der Waals surface area contributed by atoms with E-state index in [-0.39, 0.29) is 24.1 Å². The van der Waals surface area contributed by atoms with Crippen LogP contribution in [0.4, 0.5) is 0 Å². The van der Waals surface area contributed by atoms with E-state index in [0.717, 1.165) is 16.9 Å². The lowest BCUT2D eigenvalue weighted by molar-refractivity contribution is -0.128. The summed E-state index contributed by atoms with van der Waals surface area (Å²) < 4.78 is 10.9. The molecule has 0 aliphatic carbocycles. The smallest absolute Gasteiger partial charge is 0.258 e. The molecule has 3 rings (SSSR count). The molecule has 156 valence electrons. The van der Waals surface area contributed by atoms with Gasteiger partial charge in [-0.05, 0) is 48.7 Å². The van der Waals surface area contributed by atoms with Crippen molar-refractivity contribution in [1.82, 2.24) is 5.32 Å². The number of ketones is 1. The van der Waals surface area contributed by atoms with Crippen LogP contribution in [0.3, 0.4) is 0 Å². The highest BCUT2D eigenvalue weighted by Crippen LogP contribution is 2.15. The first-order valence-electron chi connectivity index (χ1n) is 9.76. The third kappa shape index (κ3) is 7.12. The van der Waals surface area contributed by atoms with E-state index in [4.69, 9.17) is 9.15 Å². The summed E-state index contributed by atoms with van der Waals surface area (Å²) in [5.74, 6) is 2.01. The highest BCUT2D eigenvalue weighted by atomic mass is 32.2. The molecule has 1 unspecified atom stereocenters. The lowest BCUT2D eigenvalue weighted by Gasteiger charge is -2.18. The predicted octanol–water partition coefficient (Wildman–Crippen LogP) is 4.20. The number of aryl methyl sites for hydroxylation is 1. The van der Waals surface area contributed by atoms with Crippen molar-refractivity contribution in [2.45, 2.75) is 25.1 Å². The quantitative estimate of drug-likeness (QED) is 0.501. The number of hydrogen-bond acceptors (Lipinski definition) is 5. The first-order valence-corrected chi connectivity index (χ1v) is 10.9. The van der Waals surface area contributed by atoms with Crippen molar-refractivity contribution in [2.24, 2.45) is 0 Å². The topological polar surface area (TPSA) is 68.5 Å². The fraction of sp³-hybridized carbons (Fsp3) is 0.250. The van der Waals surface area contributed by atoms with E-state index in [1.807, 2.05) is 67.6 Å². The molecule has 0 saturated carbocycles. The normalized spacial score (nSPS) is 11.6. The van der Waals surface area contributed by atoms with Gasteiger partial charge in [0.15, 0.2) is 12.4 Å². The maximum Gasteiger partial charge on any atom is 0.258 e. The number of rotatable bonds is 11. The van der Waals surface area contributed by atoms with Gasteiger partial charge in [-0.1, -0.05) is 42.5 Å². The van der Waals surface area contributed by atoms with Crippen molar-refractivity contribution < 1.29 is 18.7 Å². The minimum Gasteiger partial charge on any atom is -0.484 e. The predicted molar refractivity (Wildman–Crippen MR) is 119 cm³/mol. The minimum absolute atomic E-state index is 0.0284. The van der Waals surface area contributed by atoms with E-state index in [2.05, 4.69) is 5.32 Å². The van der Waals surface area contributed by atoms with Gasteiger partial charge in [0.2, 0.25) is 0 Å². The van der Waals surface area contributed by atoms with E-state index >= 15 is 0 Å². The standard InChI is InChI=1S/C24H25NO4S/c1-18-7-5-10-20(13-18)29-15-24(27)25-22(14-19-8-3-2-4-9-19)23(26)17-30-16-21-11-6-12-28-21/h2-13,22H,14-17H2,1H3,(H,25,27). The second-order valence-corrected chi connectivity index (χ2v) is 7.94. The molecule has 0 fully saturated rings. The maximum atomic E-state index is 12.8. The molecule has 1 atom stereocenters. The second kappa shape index (κ2) is 11.3. The van der Waals surface area contributed by atoms with Crippen molar-refractivity contribution >= 4 is 23.5 Å². The van der Waals surface area contributed by atoms with E-state index in [1.54, 1.807) is 12.3 Å². The average molecular weight is 424 g/mol. The molecule has 0 bridgehead atoms. The number of hydrogen-bond donors (Lipinski definition) is 1. The molecular weight excluding hydrogens is 398 g/mol. The zero-order chi connectivity index (χ0) is 21.2. The largest absolute Gasteiger partial charge is 0.484 e. The number of Topliss-reactive ketones (excluding diaryl/α,β-unsaturated/α-hetero) is 1. The van der Waals surface area contributed by atoms with Gasteiger partial charge in [-0.2, -0.15) is 0 Å². The summed E-state index contributed by atoms with van der Waals surface area (Å²) in [4.78, 5) is 25.3. The minimum atomic E-state index is -0.606. The number of benzene rings is 2. The van der Waals surface area contributed by atoms with Gasteiger partial charge in [0, 0.05) is 0 Å². The summed E-state index contributed by atoms with van der Waals surface area (Å²) in [5.41, 5.74) is 2.05. The van der Waals surface area contributed by atoms with Crippen LogP contribution in [0.25, 0.3) is 0 Å². The van der Waals surface area contributed by atoms with Gasteiger partial charge < -0.3 is 14.5 Å². The highest BCUT2D eigenvalue weighted by Gasteiger charge is 2.21. The first kappa shape index (κ1) is 21.7. The van der Waals surface area contributed by atoms with Crippen LogP contribution in [0.2, 0.25) is 0 Å². The number of nitrogens with one attached hydrogen (secondary N) is 1. The summed E-state index contributed by atoms with van der Waals surface area (Å²) >= 11 is 1.47. The van der Waals surface area contributed by atoms with Crippen molar-refractivity contribution in [2.75, 3.05) is 12.4 Å². The average Bonchev–Trinajstić information content (AvgIpc) is 3.26. The highest BCUT2D eigenvalue weighted by molar-refractivity contribution is 7.99. The molecule has 3 aromatic rings. The summed E-state index contributed by atoms with van der Waals surface area (Å²) in [5, 5.41) is 2.84. The Bertz CT molecular complexity index is 941. The molecule has 5 nitrogen and oxygen atoms in total. The van der Waals surface area contributed by atoms with Crippen LogP contribution in [0.15, 0.2) is 77.4 Å². The van der Waals surface area contributed by atoms with Crippen LogP contribution in [-0.2, 0) is 21.8 Å². The summed E-state index contributed by atoms with van der Waals surface area (Å²) in [7, 11) is 0. The monoisotopic (exact) mass is 423 g/mol. The van der Waals surface area contributed by atoms with Crippen molar-refractivity contribution in [1.29, 1.82) is 0 Å². The van der Waals surface area contributed by atoms with Crippen molar-refractivity contribution in [3.8, 4) is 5.75 Å². The van der Waals surface area contributed by atoms with Gasteiger partial charge >= 0.3 is 0 Å². The molecule has 0 radical (unpaired) electrons. The molecule has 1 amide bonds. The van der Waals surface area contributed by atoms with Crippen molar-refractivity contribution in [3.63, 3.8) is 0 Å². The Hall–Kier alpha value is -2.99. The lowest BCUT2D eigenvalue weighted by atomic mass is 10.0. The molecule has 0 spiro atoms.